The molecule has 0 aliphatic heterocycles. The van der Waals surface area contributed by atoms with Gasteiger partial charge in [0, 0.05) is 6.42 Å². The Morgan fingerprint density at radius 1 is 1.00 bits per heavy atom. The zero-order valence-electron chi connectivity index (χ0n) is 9.42. The second-order valence-corrected chi connectivity index (χ2v) is 0.921. The molecule has 0 unspecified atom stereocenters. The van der Waals surface area contributed by atoms with Gasteiger partial charge in [-0.1, -0.05) is 6.92 Å². The molecule has 0 atom stereocenters. The number of nitrogens with two attached hydrogens (primary N) is 4. The van der Waals surface area contributed by atoms with Crippen LogP contribution >= 0.6 is 0 Å². The van der Waals surface area contributed by atoms with Gasteiger partial charge < -0.3 is 28.2 Å². The quantitative estimate of drug-likeness (QED) is 0.172. The first-order valence-corrected chi connectivity index (χ1v) is 3.54. The Morgan fingerprint density at radius 3 is 1.21 bits per heavy atom. The molecule has 0 aromatic carbocycles. The highest BCUT2D eigenvalue weighted by molar-refractivity contribution is 5.74. The fraction of sp³-hybridized carbons (Fsp3) is 0.833. The molecule has 8 nitrogen and oxygen atoms in total. The van der Waals surface area contributed by atoms with Crippen molar-refractivity contribution in [3.63, 3.8) is 0 Å². The maximum absolute atomic E-state index is 9.94. The third-order valence-corrected chi connectivity index (χ3v) is 0.482. The molecule has 0 spiro atoms. The Labute approximate surface area is 85.6 Å². The molecular weight excluding hydrogens is 190 g/mol. The molecule has 0 heterocycles. The van der Waals surface area contributed by atoms with E-state index < -0.39 is 0 Å². The zero-order chi connectivity index (χ0) is 11.0. The van der Waals surface area contributed by atoms with Crippen LogP contribution in [0.1, 0.15) is 13.3 Å². The van der Waals surface area contributed by atoms with Crippen molar-refractivity contribution in [2.75, 3.05) is 21.1 Å². The molecule has 94 valence electrons. The summed E-state index contributed by atoms with van der Waals surface area (Å²) in [5.74, 6) is 4.55. The van der Waals surface area contributed by atoms with E-state index in [1.54, 1.807) is 6.92 Å². The van der Waals surface area contributed by atoms with Gasteiger partial charge in [-0.2, -0.15) is 0 Å². The molecule has 0 aliphatic rings. The van der Waals surface area contributed by atoms with E-state index in [9.17, 15) is 4.79 Å². The van der Waals surface area contributed by atoms with Crippen molar-refractivity contribution in [3.05, 3.63) is 0 Å². The lowest BCUT2D eigenvalue weighted by atomic mass is 10.5. The van der Waals surface area contributed by atoms with E-state index in [4.69, 9.17) is 0 Å². The normalized spacial score (nSPS) is 4.57. The van der Waals surface area contributed by atoms with Crippen molar-refractivity contribution in [2.24, 2.45) is 23.0 Å². The first-order valence-electron chi connectivity index (χ1n) is 3.54. The number of hydrogen-bond donors (Lipinski definition) is 5. The van der Waals surface area contributed by atoms with Crippen molar-refractivity contribution in [3.8, 4) is 0 Å². The first kappa shape index (κ1) is 37.9. The van der Waals surface area contributed by atoms with Crippen LogP contribution in [-0.4, -0.2) is 38.0 Å². The van der Waals surface area contributed by atoms with E-state index in [2.05, 4.69) is 23.0 Å². The number of carbonyl (C=O) groups excluding carboxylic acids is 1. The molecule has 0 aliphatic carbocycles. The van der Waals surface area contributed by atoms with Gasteiger partial charge in [0.25, 0.3) is 0 Å². The molecule has 8 heteroatoms. The average molecular weight is 217 g/mol. The summed E-state index contributed by atoms with van der Waals surface area (Å²) in [6.45, 7) is 1.74. The van der Waals surface area contributed by atoms with E-state index in [1.165, 1.54) is 21.1 Å². The summed E-state index contributed by atoms with van der Waals surface area (Å²) in [6.07, 6.45) is 0.455. The first-order chi connectivity index (χ1) is 5.81. The molecule has 0 aromatic rings. The highest BCUT2D eigenvalue weighted by Gasteiger charge is 1.85. The predicted molar refractivity (Wildman–Crippen MR) is 60.2 cm³/mol. The van der Waals surface area contributed by atoms with E-state index in [0.29, 0.717) is 6.42 Å². The Kier molecular flexibility index (Phi) is 233. The molecule has 0 bridgehead atoms. The molecule has 0 radical (unpaired) electrons. The minimum Gasteiger partial charge on any atom is -0.412 e. The summed E-state index contributed by atoms with van der Waals surface area (Å²) < 4.78 is 0. The molecule has 13 N–H and O–H groups in total. The lowest BCUT2D eigenvalue weighted by Gasteiger charge is -1.87. The van der Waals surface area contributed by atoms with E-state index >= 15 is 0 Å². The maximum Gasteiger partial charge on any atom is 0.233 e. The fourth-order valence-corrected chi connectivity index (χ4v) is 0.102. The summed E-state index contributed by atoms with van der Waals surface area (Å²) in [7, 11) is 4.50. The Bertz CT molecular complexity index is 59.4. The fourth-order valence-electron chi connectivity index (χ4n) is 0.102. The van der Waals surface area contributed by atoms with Gasteiger partial charge in [-0.3, -0.25) is 10.2 Å². The number of nitrogens with one attached hydrogen (secondary N) is 1. The van der Waals surface area contributed by atoms with Crippen molar-refractivity contribution in [1.29, 1.82) is 0 Å². The third-order valence-electron chi connectivity index (χ3n) is 0.482. The molecule has 0 fully saturated rings. The van der Waals surface area contributed by atoms with Crippen molar-refractivity contribution in [2.45, 2.75) is 13.3 Å². The van der Waals surface area contributed by atoms with Crippen LogP contribution in [0.4, 0.5) is 0 Å². The van der Waals surface area contributed by atoms with Gasteiger partial charge in [0.2, 0.25) is 5.91 Å². The van der Waals surface area contributed by atoms with Crippen LogP contribution in [0.15, 0.2) is 0 Å². The largest absolute Gasteiger partial charge is 0.412 e. The minimum absolute atomic E-state index is 0. The SMILES string of the molecule is CCC(=O)NN.CN.CN.CN.O.O. The molecule has 0 rings (SSSR count). The smallest absolute Gasteiger partial charge is 0.233 e. The minimum atomic E-state index is -0.130. The van der Waals surface area contributed by atoms with E-state index in [1.807, 2.05) is 5.43 Å². The lowest BCUT2D eigenvalue weighted by molar-refractivity contribution is -0.120. The summed E-state index contributed by atoms with van der Waals surface area (Å²) in [6, 6.07) is 0. The lowest BCUT2D eigenvalue weighted by Crippen LogP contribution is -2.28. The third kappa shape index (κ3) is 113. The molecular formula is C6H27N5O3. The Balaban J connectivity index is -0.0000000175. The molecule has 0 aromatic heterocycles. The van der Waals surface area contributed by atoms with Crippen LogP contribution < -0.4 is 28.5 Å². The van der Waals surface area contributed by atoms with Crippen molar-refractivity contribution in [1.82, 2.24) is 5.43 Å². The Hall–Kier alpha value is -0.770. The summed E-state index contributed by atoms with van der Waals surface area (Å²) >= 11 is 0. The molecule has 0 saturated carbocycles. The van der Waals surface area contributed by atoms with Gasteiger partial charge in [-0.05, 0) is 21.1 Å². The van der Waals surface area contributed by atoms with Gasteiger partial charge in [0.05, 0.1) is 0 Å². The summed E-state index contributed by atoms with van der Waals surface area (Å²) in [5, 5.41) is 0. The van der Waals surface area contributed by atoms with Crippen molar-refractivity contribution >= 4 is 5.91 Å². The second kappa shape index (κ2) is 86.2. The predicted octanol–water partition coefficient (Wildman–Crippen LogP) is -3.54. The van der Waals surface area contributed by atoms with Crippen LogP contribution in [0, 0.1) is 0 Å². The van der Waals surface area contributed by atoms with Crippen LogP contribution in [0.5, 0.6) is 0 Å². The molecule has 0 saturated heterocycles. The van der Waals surface area contributed by atoms with E-state index in [0.717, 1.165) is 0 Å². The van der Waals surface area contributed by atoms with Gasteiger partial charge >= 0.3 is 0 Å². The van der Waals surface area contributed by atoms with Crippen LogP contribution in [0.3, 0.4) is 0 Å². The molecule has 1 amide bonds. The average Bonchev–Trinajstić information content (AvgIpc) is 2.25. The van der Waals surface area contributed by atoms with Crippen LogP contribution in [-0.2, 0) is 4.79 Å². The van der Waals surface area contributed by atoms with Gasteiger partial charge in [0.15, 0.2) is 0 Å². The summed E-state index contributed by atoms with van der Waals surface area (Å²) in [5.41, 5.74) is 15.5. The van der Waals surface area contributed by atoms with E-state index in [-0.39, 0.29) is 16.9 Å². The van der Waals surface area contributed by atoms with Gasteiger partial charge in [-0.25, -0.2) is 5.84 Å². The van der Waals surface area contributed by atoms with Crippen molar-refractivity contribution < 1.29 is 15.7 Å². The number of amides is 1. The highest BCUT2D eigenvalue weighted by atomic mass is 16.2. The maximum atomic E-state index is 9.94. The van der Waals surface area contributed by atoms with Gasteiger partial charge in [-0.15, -0.1) is 0 Å². The second-order valence-electron chi connectivity index (χ2n) is 0.921. The van der Waals surface area contributed by atoms with Crippen LogP contribution in [0.25, 0.3) is 0 Å². The standard InChI is InChI=1S/C3H8N2O.3CH5N.2H2O/c1-2-3(6)5-4;3*1-2;;/h2,4H2,1H3,(H,5,6);3*2H2,1H3;2*1H2. The topological polar surface area (TPSA) is 196 Å². The number of rotatable bonds is 1. The van der Waals surface area contributed by atoms with Crippen LogP contribution in [0.2, 0.25) is 0 Å². The number of hydrogen-bond acceptors (Lipinski definition) is 5. The highest BCUT2D eigenvalue weighted by Crippen LogP contribution is 1.66. The zero-order valence-corrected chi connectivity index (χ0v) is 9.42. The summed E-state index contributed by atoms with van der Waals surface area (Å²) in [4.78, 5) is 9.94. The molecule has 14 heavy (non-hydrogen) atoms. The Morgan fingerprint density at radius 2 is 1.21 bits per heavy atom. The monoisotopic (exact) mass is 217 g/mol. The number of hydrazine groups is 1. The number of carbonyl (C=O) groups is 1. The van der Waals surface area contributed by atoms with Gasteiger partial charge in [0.1, 0.15) is 0 Å².